The maximum absolute atomic E-state index is 10.7. The number of ether oxygens (including phenoxy) is 1. The first-order chi connectivity index (χ1) is 7.16. The van der Waals surface area contributed by atoms with Gasteiger partial charge in [-0.25, -0.2) is 9.59 Å². The van der Waals surface area contributed by atoms with E-state index >= 15 is 0 Å². The number of carboxylic acid groups (broad SMARTS) is 1. The van der Waals surface area contributed by atoms with Gasteiger partial charge in [0, 0.05) is 0 Å². The number of rotatable bonds is 7. The quantitative estimate of drug-likeness (QED) is 0.534. The Morgan fingerprint density at radius 3 is 2.33 bits per heavy atom. The lowest BCUT2D eigenvalue weighted by atomic mass is 10.1. The predicted molar refractivity (Wildman–Crippen MR) is 60.3 cm³/mol. The summed E-state index contributed by atoms with van der Waals surface area (Å²) in [5.41, 5.74) is 0. The first kappa shape index (κ1) is 14.3. The molecule has 0 spiro atoms. The van der Waals surface area contributed by atoms with Gasteiger partial charge in [-0.1, -0.05) is 39.0 Å². The number of hydrogen-bond donors (Lipinski definition) is 1. The second kappa shape index (κ2) is 9.83. The van der Waals surface area contributed by atoms with Gasteiger partial charge in [0.1, 0.15) is 0 Å². The Hall–Kier alpha value is -0.710. The second-order valence-corrected chi connectivity index (χ2v) is 4.12. The Bertz CT molecular complexity index is 194. The van der Waals surface area contributed by atoms with E-state index < -0.39 is 10.6 Å². The third kappa shape index (κ3) is 11.2. The van der Waals surface area contributed by atoms with Gasteiger partial charge in [0.25, 0.3) is 0 Å². The van der Waals surface area contributed by atoms with Crippen molar-refractivity contribution in [3.8, 4) is 0 Å². The average molecular weight is 234 g/mol. The van der Waals surface area contributed by atoms with E-state index in [4.69, 9.17) is 9.84 Å². The summed E-state index contributed by atoms with van der Waals surface area (Å²) in [4.78, 5) is 20.8. The lowest BCUT2D eigenvalue weighted by Gasteiger charge is -2.02. The van der Waals surface area contributed by atoms with Crippen molar-refractivity contribution < 1.29 is 19.4 Å². The summed E-state index contributed by atoms with van der Waals surface area (Å²) in [6, 6.07) is 0. The van der Waals surface area contributed by atoms with Crippen LogP contribution in [0.4, 0.5) is 9.59 Å². The minimum absolute atomic E-state index is 0.182. The van der Waals surface area contributed by atoms with Crippen molar-refractivity contribution in [1.29, 1.82) is 0 Å². The fraction of sp³-hybridized carbons (Fsp3) is 0.800. The summed E-state index contributed by atoms with van der Waals surface area (Å²) in [5, 5.41) is 6.30. The van der Waals surface area contributed by atoms with Gasteiger partial charge in [-0.05, 0) is 6.42 Å². The smallest absolute Gasteiger partial charge is 0.378 e. The highest BCUT2D eigenvalue weighted by Gasteiger charge is 2.09. The fourth-order valence-corrected chi connectivity index (χ4v) is 1.42. The van der Waals surface area contributed by atoms with E-state index in [1.807, 2.05) is 0 Å². The van der Waals surface area contributed by atoms with Crippen LogP contribution in [0.25, 0.3) is 0 Å². The van der Waals surface area contributed by atoms with Gasteiger partial charge in [0.15, 0.2) is 0 Å². The molecule has 0 radical (unpaired) electrons. The van der Waals surface area contributed by atoms with E-state index in [1.165, 1.54) is 19.3 Å². The van der Waals surface area contributed by atoms with Crippen LogP contribution < -0.4 is 0 Å². The van der Waals surface area contributed by atoms with Crippen LogP contribution in [-0.4, -0.2) is 22.3 Å². The van der Waals surface area contributed by atoms with Crippen LogP contribution >= 0.6 is 11.8 Å². The third-order valence-electron chi connectivity index (χ3n) is 1.89. The molecule has 88 valence electrons. The van der Waals surface area contributed by atoms with Gasteiger partial charge in [0.05, 0.1) is 18.4 Å². The molecule has 0 aromatic heterocycles. The molecule has 15 heavy (non-hydrogen) atoms. The topological polar surface area (TPSA) is 63.6 Å². The van der Waals surface area contributed by atoms with Crippen molar-refractivity contribution in [2.45, 2.75) is 45.4 Å². The van der Waals surface area contributed by atoms with Gasteiger partial charge in [0.2, 0.25) is 0 Å². The molecule has 0 heterocycles. The highest BCUT2D eigenvalue weighted by atomic mass is 32.2. The zero-order valence-corrected chi connectivity index (χ0v) is 9.85. The van der Waals surface area contributed by atoms with Crippen molar-refractivity contribution in [2.24, 2.45) is 0 Å². The first-order valence-electron chi connectivity index (χ1n) is 5.24. The van der Waals surface area contributed by atoms with Crippen LogP contribution in [0.1, 0.15) is 45.4 Å². The number of thioether (sulfide) groups is 1. The summed E-state index contributed by atoms with van der Waals surface area (Å²) in [7, 11) is 0. The second-order valence-electron chi connectivity index (χ2n) is 3.23. The standard InChI is InChI=1S/C10H18O4S/c1-2-3-4-5-6-7-8-14-10(13)15-9(11)12/h2-8H2,1H3,(H,11,12). The van der Waals surface area contributed by atoms with Crippen molar-refractivity contribution in [3.05, 3.63) is 0 Å². The molecule has 1 N–H and O–H groups in total. The van der Waals surface area contributed by atoms with Gasteiger partial charge in [-0.3, -0.25) is 0 Å². The summed E-state index contributed by atoms with van der Waals surface area (Å²) >= 11 is 0.182. The first-order valence-corrected chi connectivity index (χ1v) is 6.06. The molecular weight excluding hydrogens is 216 g/mol. The minimum atomic E-state index is -1.22. The summed E-state index contributed by atoms with van der Waals surface area (Å²) in [5.74, 6) is 0. The summed E-state index contributed by atoms with van der Waals surface area (Å²) in [6.45, 7) is 2.48. The van der Waals surface area contributed by atoms with E-state index in [2.05, 4.69) is 6.92 Å². The van der Waals surface area contributed by atoms with E-state index in [9.17, 15) is 9.59 Å². The van der Waals surface area contributed by atoms with Crippen LogP contribution in [0, 0.1) is 0 Å². The number of hydrogen-bond acceptors (Lipinski definition) is 4. The lowest BCUT2D eigenvalue weighted by Crippen LogP contribution is -2.02. The monoisotopic (exact) mass is 234 g/mol. The van der Waals surface area contributed by atoms with Gasteiger partial charge in [-0.2, -0.15) is 0 Å². The lowest BCUT2D eigenvalue weighted by molar-refractivity contribution is 0.172. The van der Waals surface area contributed by atoms with E-state index in [1.54, 1.807) is 0 Å². The fourth-order valence-electron chi connectivity index (χ4n) is 1.14. The number of carbonyl (C=O) groups is 2. The van der Waals surface area contributed by atoms with Crippen LogP contribution in [0.15, 0.2) is 0 Å². The maximum Gasteiger partial charge on any atom is 0.378 e. The molecule has 5 heteroatoms. The largest absolute Gasteiger partial charge is 0.473 e. The molecule has 0 aromatic carbocycles. The Balaban J connectivity index is 3.16. The van der Waals surface area contributed by atoms with Crippen molar-refractivity contribution >= 4 is 22.4 Å². The van der Waals surface area contributed by atoms with E-state index in [-0.39, 0.29) is 11.8 Å². The zero-order valence-electron chi connectivity index (χ0n) is 9.03. The normalized spacial score (nSPS) is 9.93. The highest BCUT2D eigenvalue weighted by molar-refractivity contribution is 8.25. The molecule has 4 nitrogen and oxygen atoms in total. The molecule has 0 atom stereocenters. The minimum Gasteiger partial charge on any atom is -0.473 e. The summed E-state index contributed by atoms with van der Waals surface area (Å²) < 4.78 is 4.70. The van der Waals surface area contributed by atoms with E-state index in [0.29, 0.717) is 6.61 Å². The Labute approximate surface area is 94.4 Å². The SMILES string of the molecule is CCCCCCCCOC(=O)SC(=O)O. The van der Waals surface area contributed by atoms with Crippen molar-refractivity contribution in [2.75, 3.05) is 6.61 Å². The Morgan fingerprint density at radius 2 is 1.73 bits per heavy atom. The molecule has 0 rings (SSSR count). The Morgan fingerprint density at radius 1 is 1.13 bits per heavy atom. The Kier molecular flexibility index (Phi) is 9.36. The predicted octanol–water partition coefficient (Wildman–Crippen LogP) is 3.89. The summed E-state index contributed by atoms with van der Waals surface area (Å²) in [6.07, 6.45) is 6.67. The zero-order chi connectivity index (χ0) is 11.5. The molecular formula is C10H18O4S. The molecule has 0 bridgehead atoms. The van der Waals surface area contributed by atoms with Gasteiger partial charge in [-0.15, -0.1) is 0 Å². The van der Waals surface area contributed by atoms with Crippen molar-refractivity contribution in [1.82, 2.24) is 0 Å². The van der Waals surface area contributed by atoms with Crippen LogP contribution in [0.2, 0.25) is 0 Å². The molecule has 0 aliphatic rings. The molecule has 0 saturated heterocycles. The molecule has 0 saturated carbocycles. The molecule has 0 aliphatic carbocycles. The van der Waals surface area contributed by atoms with Gasteiger partial charge < -0.3 is 9.84 Å². The molecule has 0 unspecified atom stereocenters. The molecule has 0 aliphatic heterocycles. The highest BCUT2D eigenvalue weighted by Crippen LogP contribution is 2.08. The maximum atomic E-state index is 10.7. The number of unbranched alkanes of at least 4 members (excludes halogenated alkanes) is 5. The molecule has 0 fully saturated rings. The van der Waals surface area contributed by atoms with Gasteiger partial charge >= 0.3 is 10.6 Å². The van der Waals surface area contributed by atoms with Crippen molar-refractivity contribution in [3.63, 3.8) is 0 Å². The number of carbonyl (C=O) groups excluding carboxylic acids is 1. The van der Waals surface area contributed by atoms with E-state index in [0.717, 1.165) is 19.3 Å². The van der Waals surface area contributed by atoms with Crippen LogP contribution in [-0.2, 0) is 4.74 Å². The van der Waals surface area contributed by atoms with Crippen LogP contribution in [0.3, 0.4) is 0 Å². The third-order valence-corrected chi connectivity index (χ3v) is 2.35. The van der Waals surface area contributed by atoms with Crippen LogP contribution in [0.5, 0.6) is 0 Å². The molecule has 0 amide bonds. The average Bonchev–Trinajstić information content (AvgIpc) is 2.15. The molecule has 0 aromatic rings.